The van der Waals surface area contributed by atoms with Gasteiger partial charge in [-0.3, -0.25) is 5.41 Å². The van der Waals surface area contributed by atoms with Crippen LogP contribution >= 0.6 is 12.4 Å². The molecular weight excluding hydrogens is 166 g/mol. The standard InChI is InChI=1S/C5H7N5.ClH/c6-4(7)3-1-9-2-10-5(3)8;/h1-2H,(H3,6,7)(H2,8,9,10);1H. The molecule has 0 spiro atoms. The SMILES string of the molecule is Cl.N=C(N)c1cncnc1N. The van der Waals surface area contributed by atoms with Crippen molar-refractivity contribution >= 4 is 24.1 Å². The van der Waals surface area contributed by atoms with Crippen LogP contribution in [0.3, 0.4) is 0 Å². The molecule has 0 saturated heterocycles. The van der Waals surface area contributed by atoms with E-state index in [0.717, 1.165) is 0 Å². The topological polar surface area (TPSA) is 102 Å². The average molecular weight is 174 g/mol. The zero-order chi connectivity index (χ0) is 7.56. The van der Waals surface area contributed by atoms with Crippen LogP contribution in [0.2, 0.25) is 0 Å². The van der Waals surface area contributed by atoms with E-state index in [9.17, 15) is 0 Å². The van der Waals surface area contributed by atoms with Crippen molar-refractivity contribution in [2.45, 2.75) is 0 Å². The lowest BCUT2D eigenvalue weighted by molar-refractivity contribution is 1.16. The summed E-state index contributed by atoms with van der Waals surface area (Å²) in [6, 6.07) is 0. The van der Waals surface area contributed by atoms with Gasteiger partial charge in [-0.05, 0) is 0 Å². The predicted molar refractivity (Wildman–Crippen MR) is 44.7 cm³/mol. The third kappa shape index (κ3) is 2.05. The molecule has 1 aromatic rings. The van der Waals surface area contributed by atoms with Gasteiger partial charge in [0.2, 0.25) is 0 Å². The van der Waals surface area contributed by atoms with Gasteiger partial charge >= 0.3 is 0 Å². The van der Waals surface area contributed by atoms with E-state index in [-0.39, 0.29) is 24.1 Å². The molecule has 1 rings (SSSR count). The summed E-state index contributed by atoms with van der Waals surface area (Å²) in [6.45, 7) is 0. The Morgan fingerprint density at radius 2 is 2.18 bits per heavy atom. The van der Waals surface area contributed by atoms with Crippen LogP contribution in [0, 0.1) is 5.41 Å². The van der Waals surface area contributed by atoms with Crippen molar-refractivity contribution in [3.8, 4) is 0 Å². The number of nitrogens with one attached hydrogen (secondary N) is 1. The summed E-state index contributed by atoms with van der Waals surface area (Å²) in [6.07, 6.45) is 2.71. The molecule has 0 saturated carbocycles. The Morgan fingerprint density at radius 3 is 2.55 bits per heavy atom. The maximum atomic E-state index is 6.99. The molecule has 0 bridgehead atoms. The quantitative estimate of drug-likeness (QED) is 0.403. The van der Waals surface area contributed by atoms with Crippen molar-refractivity contribution in [1.82, 2.24) is 9.97 Å². The molecule has 0 aliphatic rings. The maximum Gasteiger partial charge on any atom is 0.137 e. The normalized spacial score (nSPS) is 8.36. The molecule has 1 aromatic heterocycles. The summed E-state index contributed by atoms with van der Waals surface area (Å²) >= 11 is 0. The van der Waals surface area contributed by atoms with Crippen LogP contribution in [-0.2, 0) is 0 Å². The van der Waals surface area contributed by atoms with Gasteiger partial charge in [0.15, 0.2) is 0 Å². The number of halogens is 1. The summed E-state index contributed by atoms with van der Waals surface area (Å²) in [4.78, 5) is 7.30. The molecular formula is C5H8ClN5. The number of aromatic nitrogens is 2. The maximum absolute atomic E-state index is 6.99. The minimum atomic E-state index is -0.113. The number of hydrogen-bond acceptors (Lipinski definition) is 4. The highest BCUT2D eigenvalue weighted by molar-refractivity contribution is 5.98. The van der Waals surface area contributed by atoms with E-state index in [1.54, 1.807) is 0 Å². The van der Waals surface area contributed by atoms with E-state index in [0.29, 0.717) is 5.56 Å². The molecule has 5 N–H and O–H groups in total. The van der Waals surface area contributed by atoms with Gasteiger partial charge < -0.3 is 11.5 Å². The van der Waals surface area contributed by atoms with Crippen LogP contribution in [0.5, 0.6) is 0 Å². The van der Waals surface area contributed by atoms with Crippen molar-refractivity contribution in [3.05, 3.63) is 18.1 Å². The number of nitrogens with two attached hydrogens (primary N) is 2. The van der Waals surface area contributed by atoms with Gasteiger partial charge in [0.1, 0.15) is 18.0 Å². The van der Waals surface area contributed by atoms with E-state index in [1.165, 1.54) is 12.5 Å². The molecule has 60 valence electrons. The van der Waals surface area contributed by atoms with Crippen molar-refractivity contribution < 1.29 is 0 Å². The van der Waals surface area contributed by atoms with Crippen molar-refractivity contribution in [3.63, 3.8) is 0 Å². The van der Waals surface area contributed by atoms with Crippen LogP contribution < -0.4 is 11.5 Å². The smallest absolute Gasteiger partial charge is 0.137 e. The fourth-order valence-electron chi connectivity index (χ4n) is 0.547. The molecule has 0 aromatic carbocycles. The largest absolute Gasteiger partial charge is 0.384 e. The van der Waals surface area contributed by atoms with Crippen LogP contribution in [0.15, 0.2) is 12.5 Å². The highest BCUT2D eigenvalue weighted by Crippen LogP contribution is 2.01. The van der Waals surface area contributed by atoms with Gasteiger partial charge in [-0.1, -0.05) is 0 Å². The second-order valence-corrected chi connectivity index (χ2v) is 1.74. The number of amidine groups is 1. The van der Waals surface area contributed by atoms with Crippen molar-refractivity contribution in [2.75, 3.05) is 5.73 Å². The highest BCUT2D eigenvalue weighted by Gasteiger charge is 2.00. The minimum Gasteiger partial charge on any atom is -0.384 e. The van der Waals surface area contributed by atoms with Gasteiger partial charge in [-0.15, -0.1) is 12.4 Å². The molecule has 11 heavy (non-hydrogen) atoms. The molecule has 0 fully saturated rings. The number of nitrogen functional groups attached to an aromatic ring is 2. The highest BCUT2D eigenvalue weighted by atomic mass is 35.5. The summed E-state index contributed by atoms with van der Waals surface area (Å²) < 4.78 is 0. The Hall–Kier alpha value is -1.36. The van der Waals surface area contributed by atoms with Gasteiger partial charge in [0.25, 0.3) is 0 Å². The van der Waals surface area contributed by atoms with Gasteiger partial charge in [-0.25, -0.2) is 9.97 Å². The minimum absolute atomic E-state index is 0. The van der Waals surface area contributed by atoms with E-state index in [1.807, 2.05) is 0 Å². The lowest BCUT2D eigenvalue weighted by atomic mass is 10.3. The first kappa shape index (κ1) is 9.64. The number of rotatable bonds is 1. The monoisotopic (exact) mass is 173 g/mol. The Labute approximate surface area is 69.8 Å². The molecule has 6 heteroatoms. The third-order valence-corrected chi connectivity index (χ3v) is 1.03. The van der Waals surface area contributed by atoms with Crippen LogP contribution in [-0.4, -0.2) is 15.8 Å². The summed E-state index contributed by atoms with van der Waals surface area (Å²) in [5, 5.41) is 6.99. The molecule has 0 amide bonds. The molecule has 0 radical (unpaired) electrons. The Morgan fingerprint density at radius 1 is 1.55 bits per heavy atom. The summed E-state index contributed by atoms with van der Waals surface area (Å²) in [5.74, 6) is 0.126. The molecule has 0 unspecified atom stereocenters. The molecule has 1 heterocycles. The first-order chi connectivity index (χ1) is 4.72. The van der Waals surface area contributed by atoms with Crippen LogP contribution in [0.4, 0.5) is 5.82 Å². The van der Waals surface area contributed by atoms with E-state index in [2.05, 4.69) is 9.97 Å². The van der Waals surface area contributed by atoms with Gasteiger partial charge in [-0.2, -0.15) is 0 Å². The van der Waals surface area contributed by atoms with Crippen molar-refractivity contribution in [1.29, 1.82) is 5.41 Å². The fourth-order valence-corrected chi connectivity index (χ4v) is 0.547. The average Bonchev–Trinajstić information content (AvgIpc) is 1.88. The second-order valence-electron chi connectivity index (χ2n) is 1.74. The van der Waals surface area contributed by atoms with Crippen molar-refractivity contribution in [2.24, 2.45) is 5.73 Å². The molecule has 5 nitrogen and oxygen atoms in total. The Bertz CT molecular complexity index is 261. The fraction of sp³-hybridized carbons (Fsp3) is 0. The first-order valence-electron chi connectivity index (χ1n) is 2.61. The Balaban J connectivity index is 0.000001000. The number of anilines is 1. The lowest BCUT2D eigenvalue weighted by Crippen LogP contribution is -2.14. The van der Waals surface area contributed by atoms with E-state index < -0.39 is 0 Å². The first-order valence-corrected chi connectivity index (χ1v) is 2.61. The zero-order valence-corrected chi connectivity index (χ0v) is 6.43. The molecule has 0 aliphatic carbocycles. The second kappa shape index (κ2) is 3.72. The summed E-state index contributed by atoms with van der Waals surface area (Å²) in [7, 11) is 0. The predicted octanol–water partition coefficient (Wildman–Crippen LogP) is -0.235. The number of hydrogen-bond donors (Lipinski definition) is 3. The van der Waals surface area contributed by atoms with E-state index >= 15 is 0 Å². The van der Waals surface area contributed by atoms with Gasteiger partial charge in [0, 0.05) is 6.20 Å². The number of nitrogens with zero attached hydrogens (tertiary/aromatic N) is 2. The zero-order valence-electron chi connectivity index (χ0n) is 5.61. The molecule has 0 atom stereocenters. The van der Waals surface area contributed by atoms with Gasteiger partial charge in [0.05, 0.1) is 5.56 Å². The Kier molecular flexibility index (Phi) is 3.26. The lowest BCUT2D eigenvalue weighted by Gasteiger charge is -1.98. The summed E-state index contributed by atoms with van der Waals surface area (Å²) in [5.41, 5.74) is 10.9. The third-order valence-electron chi connectivity index (χ3n) is 1.03. The van der Waals surface area contributed by atoms with E-state index in [4.69, 9.17) is 16.9 Å². The van der Waals surface area contributed by atoms with Crippen LogP contribution in [0.1, 0.15) is 5.56 Å². The van der Waals surface area contributed by atoms with Crippen LogP contribution in [0.25, 0.3) is 0 Å². The molecule has 0 aliphatic heterocycles.